The summed E-state index contributed by atoms with van der Waals surface area (Å²) in [4.78, 5) is 29.9. The van der Waals surface area contributed by atoms with Crippen LogP contribution in [0.15, 0.2) is 48.5 Å². The smallest absolute Gasteiger partial charge is 0.335 e. The third-order valence-electron chi connectivity index (χ3n) is 10.2. The van der Waals surface area contributed by atoms with E-state index >= 15 is 0 Å². The van der Waals surface area contributed by atoms with Crippen LogP contribution in [0.2, 0.25) is 0 Å². The third kappa shape index (κ3) is 8.78. The Bertz CT molecular complexity index is 2280. The van der Waals surface area contributed by atoms with Crippen LogP contribution in [-0.4, -0.2) is 70.1 Å². The fraction of sp³-hybridized carbons (Fsp3) is 0.523. The van der Waals surface area contributed by atoms with Crippen LogP contribution >= 0.6 is 0 Å². The van der Waals surface area contributed by atoms with Crippen LogP contribution in [0.25, 0.3) is 33.2 Å². The summed E-state index contributed by atoms with van der Waals surface area (Å²) in [5.74, 6) is 3.05. The number of rotatable bonds is 8. The van der Waals surface area contributed by atoms with E-state index in [1.54, 1.807) is 18.2 Å². The zero-order chi connectivity index (χ0) is 39.8. The van der Waals surface area contributed by atoms with Gasteiger partial charge in [0.1, 0.15) is 23.0 Å². The van der Waals surface area contributed by atoms with Gasteiger partial charge in [0.05, 0.1) is 52.9 Å². The highest BCUT2D eigenvalue weighted by atomic mass is 16.5. The minimum atomic E-state index is -0.911. The highest BCUT2D eigenvalue weighted by Crippen LogP contribution is 2.30. The van der Waals surface area contributed by atoms with E-state index in [4.69, 9.17) is 24.5 Å². The Kier molecular flexibility index (Phi) is 11.8. The zero-order valence-corrected chi connectivity index (χ0v) is 34.6. The molecule has 55 heavy (non-hydrogen) atoms. The van der Waals surface area contributed by atoms with E-state index in [0.717, 1.165) is 84.2 Å². The number of hydrogen-bond donors (Lipinski definition) is 1. The second kappa shape index (κ2) is 16.2. The van der Waals surface area contributed by atoms with Crippen molar-refractivity contribution in [1.82, 2.24) is 33.6 Å². The van der Waals surface area contributed by atoms with Crippen molar-refractivity contribution >= 4 is 39.2 Å². The molecular formula is C44H59N7O4. The van der Waals surface area contributed by atoms with Gasteiger partial charge in [0.2, 0.25) is 0 Å². The SMILES string of the molecule is CC(C)c1nc2ccc(C(=O)O)cc2n1C[C@@H]1CCO1.Cc1ccc2nc(C(C)(C)C)n(C(C)C)c2c1.Cc1ccc2nc(C(C)C)n(C[C@@H]3CCO3)c2n1. The van der Waals surface area contributed by atoms with Crippen molar-refractivity contribution in [3.05, 3.63) is 82.8 Å². The van der Waals surface area contributed by atoms with Crippen LogP contribution in [-0.2, 0) is 28.0 Å². The largest absolute Gasteiger partial charge is 0.478 e. The van der Waals surface area contributed by atoms with Crippen molar-refractivity contribution in [3.63, 3.8) is 0 Å². The van der Waals surface area contributed by atoms with Crippen molar-refractivity contribution in [2.24, 2.45) is 0 Å². The van der Waals surface area contributed by atoms with Gasteiger partial charge < -0.3 is 28.3 Å². The molecule has 11 heteroatoms. The van der Waals surface area contributed by atoms with Crippen molar-refractivity contribution < 1.29 is 19.4 Å². The highest BCUT2D eigenvalue weighted by molar-refractivity contribution is 5.92. The number of pyridine rings is 1. The molecule has 0 radical (unpaired) electrons. The van der Waals surface area contributed by atoms with Gasteiger partial charge in [-0.3, -0.25) is 0 Å². The number of carboxylic acid groups (broad SMARTS) is 1. The lowest BCUT2D eigenvalue weighted by atomic mass is 9.95. The number of nitrogens with zero attached hydrogens (tertiary/aromatic N) is 7. The molecular weight excluding hydrogens is 691 g/mol. The summed E-state index contributed by atoms with van der Waals surface area (Å²) in [5, 5.41) is 9.14. The predicted molar refractivity (Wildman–Crippen MR) is 219 cm³/mol. The maximum Gasteiger partial charge on any atom is 0.335 e. The molecule has 8 rings (SSSR count). The molecule has 294 valence electrons. The van der Waals surface area contributed by atoms with Crippen LogP contribution in [0.4, 0.5) is 0 Å². The molecule has 0 unspecified atom stereocenters. The molecule has 0 amide bonds. The molecule has 2 aliphatic heterocycles. The van der Waals surface area contributed by atoms with Crippen LogP contribution in [0.5, 0.6) is 0 Å². The quantitative estimate of drug-likeness (QED) is 0.163. The van der Waals surface area contributed by atoms with Crippen LogP contribution in [0.1, 0.15) is 132 Å². The van der Waals surface area contributed by atoms with Crippen molar-refractivity contribution in [2.45, 2.75) is 138 Å². The second-order valence-electron chi connectivity index (χ2n) is 17.0. The minimum absolute atomic E-state index is 0.0806. The molecule has 2 saturated heterocycles. The average Bonchev–Trinajstić information content (AvgIpc) is 3.76. The van der Waals surface area contributed by atoms with Crippen LogP contribution < -0.4 is 0 Å². The Morgan fingerprint density at radius 1 is 0.745 bits per heavy atom. The standard InChI is InChI=1S/C15H18N2O3.C15H22N2.C14H19N3O/c1-9(2)14-16-12-4-3-10(15(18)19)7-13(12)17(14)8-11-5-6-20-11;1-10(2)17-13-9-11(3)7-8-12(13)16-14(17)15(4,5)6;1-9(2)13-16-12-5-4-10(3)15-14(12)17(13)8-11-6-7-18-11/h3-4,7,9,11H,5-6,8H2,1-2H3,(H,18,19);7-10H,1-6H3;4-5,9,11H,6-8H2,1-3H3/t11-;;11-/m0.0/s1. The van der Waals surface area contributed by atoms with E-state index < -0.39 is 5.97 Å². The van der Waals surface area contributed by atoms with Crippen LogP contribution in [0, 0.1) is 13.8 Å². The van der Waals surface area contributed by atoms with Gasteiger partial charge in [0.25, 0.3) is 0 Å². The number of aryl methyl sites for hydroxylation is 2. The Morgan fingerprint density at radius 2 is 1.29 bits per heavy atom. The van der Waals surface area contributed by atoms with Gasteiger partial charge in [-0.15, -0.1) is 0 Å². The molecule has 2 atom stereocenters. The maximum atomic E-state index is 11.1. The van der Waals surface area contributed by atoms with E-state index in [1.165, 1.54) is 16.9 Å². The van der Waals surface area contributed by atoms with Gasteiger partial charge in [-0.1, -0.05) is 54.5 Å². The van der Waals surface area contributed by atoms with Gasteiger partial charge in [0, 0.05) is 42.2 Å². The molecule has 2 fully saturated rings. The number of aromatic carboxylic acids is 1. The summed E-state index contributed by atoms with van der Waals surface area (Å²) in [6.45, 7) is 27.1. The Hall–Kier alpha value is -4.61. The topological polar surface area (TPSA) is 122 Å². The molecule has 4 aromatic heterocycles. The van der Waals surface area contributed by atoms with Gasteiger partial charge in [-0.25, -0.2) is 24.7 Å². The molecule has 11 nitrogen and oxygen atoms in total. The summed E-state index contributed by atoms with van der Waals surface area (Å²) in [7, 11) is 0. The molecule has 0 bridgehead atoms. The normalized spacial score (nSPS) is 17.0. The second-order valence-corrected chi connectivity index (χ2v) is 17.0. The molecule has 1 N–H and O–H groups in total. The molecule has 6 aromatic rings. The number of carbonyl (C=O) groups is 1. The lowest BCUT2D eigenvalue weighted by Crippen LogP contribution is -2.32. The zero-order valence-electron chi connectivity index (χ0n) is 34.6. The molecule has 6 heterocycles. The van der Waals surface area contributed by atoms with Gasteiger partial charge in [0.15, 0.2) is 5.65 Å². The first-order valence-electron chi connectivity index (χ1n) is 19.8. The first kappa shape index (κ1) is 40.1. The number of imidazole rings is 3. The van der Waals surface area contributed by atoms with Gasteiger partial charge >= 0.3 is 5.97 Å². The molecule has 2 aliphatic rings. The van der Waals surface area contributed by atoms with E-state index in [-0.39, 0.29) is 17.4 Å². The average molecular weight is 750 g/mol. The molecule has 0 aliphatic carbocycles. The van der Waals surface area contributed by atoms with Crippen molar-refractivity contribution in [2.75, 3.05) is 13.2 Å². The van der Waals surface area contributed by atoms with E-state index in [9.17, 15) is 4.79 Å². The van der Waals surface area contributed by atoms with Gasteiger partial charge in [-0.2, -0.15) is 0 Å². The van der Waals surface area contributed by atoms with Gasteiger partial charge in [-0.05, 0) is 88.6 Å². The number of benzene rings is 2. The lowest BCUT2D eigenvalue weighted by molar-refractivity contribution is -0.0592. The third-order valence-corrected chi connectivity index (χ3v) is 10.2. The number of carboxylic acids is 1. The molecule has 0 spiro atoms. The summed E-state index contributed by atoms with van der Waals surface area (Å²) in [5.41, 5.74) is 8.77. The summed E-state index contributed by atoms with van der Waals surface area (Å²) >= 11 is 0. The first-order chi connectivity index (χ1) is 26.0. The highest BCUT2D eigenvalue weighted by Gasteiger charge is 2.26. The fourth-order valence-corrected chi connectivity index (χ4v) is 7.16. The van der Waals surface area contributed by atoms with E-state index in [2.05, 4.69) is 117 Å². The van der Waals surface area contributed by atoms with Crippen LogP contribution in [0.3, 0.4) is 0 Å². The Morgan fingerprint density at radius 3 is 1.84 bits per heavy atom. The summed E-state index contributed by atoms with van der Waals surface area (Å²) in [6.07, 6.45) is 2.75. The molecule has 0 saturated carbocycles. The number of fused-ring (bicyclic) bond motifs is 3. The minimum Gasteiger partial charge on any atom is -0.478 e. The maximum absolute atomic E-state index is 11.1. The Balaban J connectivity index is 0.000000141. The summed E-state index contributed by atoms with van der Waals surface area (Å²) in [6, 6.07) is 16.1. The van der Waals surface area contributed by atoms with E-state index in [1.807, 2.05) is 13.0 Å². The van der Waals surface area contributed by atoms with Crippen molar-refractivity contribution in [1.29, 1.82) is 0 Å². The summed E-state index contributed by atoms with van der Waals surface area (Å²) < 4.78 is 17.7. The monoisotopic (exact) mass is 749 g/mol. The molecule has 2 aromatic carbocycles. The Labute approximate surface area is 325 Å². The van der Waals surface area contributed by atoms with Crippen molar-refractivity contribution in [3.8, 4) is 0 Å². The number of hydrogen-bond acceptors (Lipinski definition) is 7. The number of aromatic nitrogens is 7. The lowest BCUT2D eigenvalue weighted by Gasteiger charge is -2.28. The van der Waals surface area contributed by atoms with E-state index in [0.29, 0.717) is 23.6 Å². The predicted octanol–water partition coefficient (Wildman–Crippen LogP) is 9.52. The number of ether oxygens (including phenoxy) is 2. The first-order valence-corrected chi connectivity index (χ1v) is 19.8. The fourth-order valence-electron chi connectivity index (χ4n) is 7.16.